The molecule has 2 unspecified atom stereocenters. The van der Waals surface area contributed by atoms with E-state index in [-0.39, 0.29) is 0 Å². The minimum atomic E-state index is -0.411. The molecule has 148 valence electrons. The maximum Gasteiger partial charge on any atom is 0.0923 e. The molecule has 0 aromatic heterocycles. The fraction of sp³-hybridized carbons (Fsp3) is 0.600. The second-order valence-electron chi connectivity index (χ2n) is 8.52. The van der Waals surface area contributed by atoms with Gasteiger partial charge in [0.2, 0.25) is 0 Å². The molecule has 2 atom stereocenters. The highest BCUT2D eigenvalue weighted by Crippen LogP contribution is 2.36. The predicted molar refractivity (Wildman–Crippen MR) is 116 cm³/mol. The van der Waals surface area contributed by atoms with Crippen molar-refractivity contribution in [3.63, 3.8) is 0 Å². The number of aliphatic hydroxyl groups excluding tert-OH is 1. The Labute approximate surface area is 165 Å². The summed E-state index contributed by atoms with van der Waals surface area (Å²) in [7, 11) is 0. The third kappa shape index (κ3) is 4.92. The lowest BCUT2D eigenvalue weighted by Crippen LogP contribution is -2.31. The third-order valence-corrected chi connectivity index (χ3v) is 6.18. The summed E-state index contributed by atoms with van der Waals surface area (Å²) in [5.41, 5.74) is 4.13. The van der Waals surface area contributed by atoms with Crippen LogP contribution in [-0.2, 0) is 12.8 Å². The normalized spacial score (nSPS) is 18.0. The predicted octanol–water partition coefficient (Wildman–Crippen LogP) is 5.90. The van der Waals surface area contributed by atoms with Crippen molar-refractivity contribution in [3.05, 3.63) is 47.0 Å². The Morgan fingerprint density at radius 2 is 1.74 bits per heavy atom. The molecule has 0 bridgehead atoms. The Kier molecular flexibility index (Phi) is 7.32. The fourth-order valence-electron chi connectivity index (χ4n) is 4.55. The molecule has 27 heavy (non-hydrogen) atoms. The highest BCUT2D eigenvalue weighted by atomic mass is 16.3. The summed E-state index contributed by atoms with van der Waals surface area (Å²) >= 11 is 0. The maximum absolute atomic E-state index is 11.2. The lowest BCUT2D eigenvalue weighted by atomic mass is 9.80. The molecule has 0 heterocycles. The van der Waals surface area contributed by atoms with Gasteiger partial charge in [-0.2, -0.15) is 0 Å². The number of nitrogens with zero attached hydrogens (tertiary/aromatic N) is 1. The second-order valence-corrected chi connectivity index (χ2v) is 8.52. The van der Waals surface area contributed by atoms with E-state index in [1.54, 1.807) is 0 Å². The Morgan fingerprint density at radius 3 is 2.41 bits per heavy atom. The summed E-state index contributed by atoms with van der Waals surface area (Å²) < 4.78 is 0. The van der Waals surface area contributed by atoms with Crippen LogP contribution in [-0.4, -0.2) is 29.6 Å². The molecule has 0 radical (unpaired) electrons. The van der Waals surface area contributed by atoms with E-state index in [4.69, 9.17) is 0 Å². The first-order chi connectivity index (χ1) is 13.1. The van der Waals surface area contributed by atoms with Gasteiger partial charge in [-0.1, -0.05) is 63.9 Å². The number of fused-ring (bicyclic) bond motifs is 3. The van der Waals surface area contributed by atoms with Crippen molar-refractivity contribution in [2.45, 2.75) is 71.8 Å². The molecular weight excluding hydrogens is 330 g/mol. The van der Waals surface area contributed by atoms with Crippen LogP contribution in [0.1, 0.15) is 75.7 Å². The van der Waals surface area contributed by atoms with Gasteiger partial charge in [0.05, 0.1) is 6.10 Å². The van der Waals surface area contributed by atoms with E-state index in [9.17, 15) is 5.11 Å². The minimum Gasteiger partial charge on any atom is -0.387 e. The van der Waals surface area contributed by atoms with Crippen LogP contribution in [0.25, 0.3) is 10.8 Å². The maximum atomic E-state index is 11.2. The zero-order valence-electron chi connectivity index (χ0n) is 17.5. The Bertz CT molecular complexity index is 730. The molecule has 2 aromatic carbocycles. The highest BCUT2D eigenvalue weighted by molar-refractivity contribution is 5.90. The van der Waals surface area contributed by atoms with Crippen LogP contribution in [0.4, 0.5) is 0 Å². The van der Waals surface area contributed by atoms with E-state index in [2.05, 4.69) is 56.0 Å². The van der Waals surface area contributed by atoms with E-state index in [0.717, 1.165) is 37.5 Å². The van der Waals surface area contributed by atoms with Crippen LogP contribution in [0.15, 0.2) is 30.3 Å². The average Bonchev–Trinajstić information content (AvgIpc) is 2.68. The number of unbranched alkanes of at least 4 members (excludes halogenated alkanes) is 2. The van der Waals surface area contributed by atoms with Crippen molar-refractivity contribution >= 4 is 10.8 Å². The zero-order valence-corrected chi connectivity index (χ0v) is 17.5. The van der Waals surface area contributed by atoms with Gasteiger partial charge >= 0.3 is 0 Å². The van der Waals surface area contributed by atoms with E-state index in [1.807, 2.05) is 0 Å². The molecule has 0 fully saturated rings. The Morgan fingerprint density at radius 1 is 1.07 bits per heavy atom. The number of aryl methyl sites for hydroxylation is 1. The highest BCUT2D eigenvalue weighted by Gasteiger charge is 2.22. The molecule has 2 aromatic rings. The van der Waals surface area contributed by atoms with Gasteiger partial charge in [0.25, 0.3) is 0 Å². The van der Waals surface area contributed by atoms with Gasteiger partial charge in [-0.05, 0) is 78.6 Å². The van der Waals surface area contributed by atoms with Crippen LogP contribution in [0.3, 0.4) is 0 Å². The van der Waals surface area contributed by atoms with Crippen molar-refractivity contribution in [2.75, 3.05) is 19.6 Å². The molecule has 1 N–H and O–H groups in total. The molecule has 1 aliphatic carbocycles. The van der Waals surface area contributed by atoms with Gasteiger partial charge in [0.15, 0.2) is 0 Å². The molecule has 0 amide bonds. The molecule has 3 rings (SSSR count). The molecule has 0 spiro atoms. The van der Waals surface area contributed by atoms with E-state index in [0.29, 0.717) is 0 Å². The largest absolute Gasteiger partial charge is 0.387 e. The van der Waals surface area contributed by atoms with Crippen LogP contribution in [0, 0.1) is 5.92 Å². The number of benzene rings is 2. The molecule has 0 saturated heterocycles. The molecule has 2 nitrogen and oxygen atoms in total. The van der Waals surface area contributed by atoms with E-state index >= 15 is 0 Å². The van der Waals surface area contributed by atoms with Crippen LogP contribution in [0.5, 0.6) is 0 Å². The molecule has 0 aliphatic heterocycles. The summed E-state index contributed by atoms with van der Waals surface area (Å²) in [6.45, 7) is 9.77. The number of hydrogen-bond donors (Lipinski definition) is 1. The van der Waals surface area contributed by atoms with E-state index in [1.165, 1.54) is 60.4 Å². The van der Waals surface area contributed by atoms with Crippen LogP contribution < -0.4 is 0 Å². The average molecular weight is 368 g/mol. The molecular formula is C25H37NO. The molecule has 0 saturated carbocycles. The van der Waals surface area contributed by atoms with Gasteiger partial charge < -0.3 is 10.0 Å². The monoisotopic (exact) mass is 367 g/mol. The van der Waals surface area contributed by atoms with Crippen LogP contribution in [0.2, 0.25) is 0 Å². The summed E-state index contributed by atoms with van der Waals surface area (Å²) in [6.07, 6.45) is 8.02. The first-order valence-electron chi connectivity index (χ1n) is 11.1. The lowest BCUT2D eigenvalue weighted by molar-refractivity contribution is 0.112. The number of rotatable bonds is 9. The lowest BCUT2D eigenvalue weighted by Gasteiger charge is -2.28. The van der Waals surface area contributed by atoms with Gasteiger partial charge in [-0.25, -0.2) is 0 Å². The zero-order chi connectivity index (χ0) is 19.2. The van der Waals surface area contributed by atoms with Crippen molar-refractivity contribution in [3.8, 4) is 0 Å². The first kappa shape index (κ1) is 20.4. The second kappa shape index (κ2) is 9.71. The summed E-state index contributed by atoms with van der Waals surface area (Å²) in [6, 6.07) is 11.0. The molecule has 1 aliphatic rings. The van der Waals surface area contributed by atoms with Crippen molar-refractivity contribution in [1.29, 1.82) is 0 Å². The quantitative estimate of drug-likeness (QED) is 0.596. The van der Waals surface area contributed by atoms with Crippen molar-refractivity contribution < 1.29 is 5.11 Å². The summed E-state index contributed by atoms with van der Waals surface area (Å²) in [5, 5.41) is 13.8. The summed E-state index contributed by atoms with van der Waals surface area (Å²) in [4.78, 5) is 2.47. The standard InChI is InChI=1S/C25H37NO/c1-4-6-14-26(15-7-5-2)18-25(27)24-17-20-16-19(3)12-13-21(20)22-10-8-9-11-23(22)24/h8-11,17,19,25,27H,4-7,12-16,18H2,1-3H3. The fourth-order valence-corrected chi connectivity index (χ4v) is 4.55. The number of aliphatic hydroxyl groups is 1. The Balaban J connectivity index is 1.90. The smallest absolute Gasteiger partial charge is 0.0923 e. The van der Waals surface area contributed by atoms with Gasteiger partial charge in [-0.3, -0.25) is 0 Å². The van der Waals surface area contributed by atoms with Crippen LogP contribution >= 0.6 is 0 Å². The van der Waals surface area contributed by atoms with Gasteiger partial charge in [0, 0.05) is 6.54 Å². The van der Waals surface area contributed by atoms with Gasteiger partial charge in [0.1, 0.15) is 0 Å². The van der Waals surface area contributed by atoms with E-state index < -0.39 is 6.10 Å². The minimum absolute atomic E-state index is 0.411. The third-order valence-electron chi connectivity index (χ3n) is 6.18. The topological polar surface area (TPSA) is 23.5 Å². The first-order valence-corrected chi connectivity index (χ1v) is 11.1. The van der Waals surface area contributed by atoms with Crippen molar-refractivity contribution in [1.82, 2.24) is 4.90 Å². The van der Waals surface area contributed by atoms with Crippen molar-refractivity contribution in [2.24, 2.45) is 5.92 Å². The van der Waals surface area contributed by atoms with Gasteiger partial charge in [-0.15, -0.1) is 0 Å². The molecule has 2 heteroatoms. The Hall–Kier alpha value is -1.38. The number of hydrogen-bond acceptors (Lipinski definition) is 2. The SMILES string of the molecule is CCCCN(CCCC)CC(O)c1cc2c(c3ccccc13)CCC(C)C2. The summed E-state index contributed by atoms with van der Waals surface area (Å²) in [5.74, 6) is 0.745.